The van der Waals surface area contributed by atoms with Crippen LogP contribution < -0.4 is 25.0 Å². The zero-order chi connectivity index (χ0) is 36.3. The molecule has 4 N–H and O–H groups in total. The zero-order valence-electron chi connectivity index (χ0n) is 29.1. The van der Waals surface area contributed by atoms with Crippen LogP contribution in [0.5, 0.6) is 5.75 Å². The number of thioether (sulfide) groups is 1. The number of amides is 2. The zero-order valence-corrected chi connectivity index (χ0v) is 30.7. The summed E-state index contributed by atoms with van der Waals surface area (Å²) < 4.78 is 37.7. The van der Waals surface area contributed by atoms with E-state index in [1.54, 1.807) is 43.3 Å². The number of carboxylic acid groups (broad SMARTS) is 1. The van der Waals surface area contributed by atoms with E-state index in [1.807, 2.05) is 36.6 Å². The van der Waals surface area contributed by atoms with Gasteiger partial charge in [-0.05, 0) is 49.3 Å². The second-order valence-corrected chi connectivity index (χ2v) is 15.0. The lowest BCUT2D eigenvalue weighted by Crippen LogP contribution is -2.53. The average Bonchev–Trinajstić information content (AvgIpc) is 3.21. The molecule has 1 aliphatic heterocycles. The van der Waals surface area contributed by atoms with Gasteiger partial charge in [-0.2, -0.15) is 0 Å². The van der Waals surface area contributed by atoms with Gasteiger partial charge >= 0.3 is 5.97 Å². The Morgan fingerprint density at radius 3 is 2.14 bits per heavy atom. The summed E-state index contributed by atoms with van der Waals surface area (Å²) in [7, 11) is -4.04. The Morgan fingerprint density at radius 1 is 0.960 bits per heavy atom. The summed E-state index contributed by atoms with van der Waals surface area (Å²) in [6.45, 7) is 5.76. The van der Waals surface area contributed by atoms with Gasteiger partial charge in [-0.25, -0.2) is 17.9 Å². The molecule has 0 fully saturated rings. The van der Waals surface area contributed by atoms with Crippen LogP contribution in [0, 0.1) is 0 Å². The van der Waals surface area contributed by atoms with Crippen LogP contribution in [-0.2, 0) is 24.4 Å². The van der Waals surface area contributed by atoms with Crippen molar-refractivity contribution in [1.82, 2.24) is 15.4 Å². The lowest BCUT2D eigenvalue weighted by Gasteiger charge is -2.37. The molecule has 50 heavy (non-hydrogen) atoms. The molecule has 270 valence electrons. The molecule has 1 heterocycles. The highest BCUT2D eigenvalue weighted by Gasteiger charge is 2.42. The first-order chi connectivity index (χ1) is 24.0. The van der Waals surface area contributed by atoms with E-state index in [2.05, 4.69) is 34.1 Å². The topological polar surface area (TPSA) is 154 Å². The Labute approximate surface area is 299 Å². The average molecular weight is 725 g/mol. The first-order valence-corrected chi connectivity index (χ1v) is 19.8. The summed E-state index contributed by atoms with van der Waals surface area (Å²) in [6, 6.07) is 19.2. The Morgan fingerprint density at radius 2 is 1.58 bits per heavy atom. The largest absolute Gasteiger partial charge is 0.483 e. The standard InChI is InChI=1S/C37H48N4O7S2/c1-5-8-20-37(21-9-6-2)25-41(27-18-14-11-15-19-27)29-22-31(49-4)30(23-32(29)50(46,47)40-37)48-24-33(42)39-34(26-16-12-10-13-17-26)35(43)38-28(7-3)36(44)45/h10-19,22-23,28,34,40H,5-9,20-21,24-25H2,1-4H3,(H,38,43)(H,39,42)(H,44,45)/t28-,34?/m0/s1. The molecule has 0 saturated carbocycles. The van der Waals surface area contributed by atoms with Crippen LogP contribution in [0.1, 0.15) is 77.3 Å². The Hall–Kier alpha value is -4.07. The smallest absolute Gasteiger partial charge is 0.326 e. The summed E-state index contributed by atoms with van der Waals surface area (Å²) in [5.41, 5.74) is 1.14. The minimum absolute atomic E-state index is 0.0465. The highest BCUT2D eigenvalue weighted by molar-refractivity contribution is 7.98. The van der Waals surface area contributed by atoms with Crippen molar-refractivity contribution in [2.45, 2.75) is 93.1 Å². The van der Waals surface area contributed by atoms with E-state index in [9.17, 15) is 27.9 Å². The number of carbonyl (C=O) groups is 3. The maximum absolute atomic E-state index is 14.3. The number of nitrogens with zero attached hydrogens (tertiary/aromatic N) is 1. The van der Waals surface area contributed by atoms with Crippen LogP contribution in [-0.4, -0.2) is 62.3 Å². The van der Waals surface area contributed by atoms with E-state index in [1.165, 1.54) is 17.8 Å². The molecular weight excluding hydrogens is 677 g/mol. The van der Waals surface area contributed by atoms with E-state index in [0.29, 0.717) is 35.5 Å². The van der Waals surface area contributed by atoms with Crippen molar-refractivity contribution in [2.24, 2.45) is 0 Å². The first kappa shape index (κ1) is 38.7. The number of nitrogens with one attached hydrogen (secondary N) is 3. The fourth-order valence-corrected chi connectivity index (χ4v) is 8.33. The number of fused-ring (bicyclic) bond motifs is 1. The molecule has 0 saturated heterocycles. The summed E-state index contributed by atoms with van der Waals surface area (Å²) >= 11 is 1.36. The maximum Gasteiger partial charge on any atom is 0.326 e. The van der Waals surface area contributed by atoms with Crippen LogP contribution in [0.15, 0.2) is 82.6 Å². The Balaban J connectivity index is 1.68. The number of carbonyl (C=O) groups excluding carboxylic acids is 2. The maximum atomic E-state index is 14.3. The summed E-state index contributed by atoms with van der Waals surface area (Å²) in [6.07, 6.45) is 6.95. The van der Waals surface area contributed by atoms with Gasteiger partial charge in [0.05, 0.1) is 16.1 Å². The molecular formula is C37H48N4O7S2. The van der Waals surface area contributed by atoms with Gasteiger partial charge in [0.25, 0.3) is 5.91 Å². The number of carboxylic acids is 1. The Kier molecular flexibility index (Phi) is 13.7. The summed E-state index contributed by atoms with van der Waals surface area (Å²) in [5, 5.41) is 14.6. The highest BCUT2D eigenvalue weighted by atomic mass is 32.2. The van der Waals surface area contributed by atoms with E-state index < -0.39 is 52.0 Å². The molecule has 13 heteroatoms. The van der Waals surface area contributed by atoms with Crippen LogP contribution in [0.25, 0.3) is 0 Å². The minimum atomic E-state index is -4.04. The molecule has 2 amide bonds. The number of benzene rings is 3. The molecule has 0 aliphatic carbocycles. The van der Waals surface area contributed by atoms with Gasteiger partial charge in [0.15, 0.2) is 6.61 Å². The number of hydrogen-bond acceptors (Lipinski definition) is 8. The van der Waals surface area contributed by atoms with Crippen LogP contribution >= 0.6 is 11.8 Å². The molecule has 3 aromatic carbocycles. The number of hydrogen-bond donors (Lipinski definition) is 4. The van der Waals surface area contributed by atoms with Gasteiger partial charge in [0, 0.05) is 18.3 Å². The fraction of sp³-hybridized carbons (Fsp3) is 0.432. The number of rotatable bonds is 17. The van der Waals surface area contributed by atoms with Crippen LogP contribution in [0.4, 0.5) is 11.4 Å². The number of para-hydroxylation sites is 1. The van der Waals surface area contributed by atoms with Crippen molar-refractivity contribution in [3.63, 3.8) is 0 Å². The second kappa shape index (κ2) is 17.7. The van der Waals surface area contributed by atoms with Crippen molar-refractivity contribution in [3.05, 3.63) is 78.4 Å². The molecule has 0 spiro atoms. The third-order valence-electron chi connectivity index (χ3n) is 8.80. The number of ether oxygens (including phenoxy) is 1. The molecule has 2 atom stereocenters. The van der Waals surface area contributed by atoms with Crippen molar-refractivity contribution < 1.29 is 32.6 Å². The molecule has 11 nitrogen and oxygen atoms in total. The lowest BCUT2D eigenvalue weighted by molar-refractivity contribution is -0.142. The van der Waals surface area contributed by atoms with E-state index >= 15 is 0 Å². The van der Waals surface area contributed by atoms with Gasteiger partial charge in [0.1, 0.15) is 22.7 Å². The predicted molar refractivity (Wildman–Crippen MR) is 196 cm³/mol. The number of anilines is 2. The van der Waals surface area contributed by atoms with E-state index in [4.69, 9.17) is 4.74 Å². The van der Waals surface area contributed by atoms with Crippen molar-refractivity contribution in [3.8, 4) is 5.75 Å². The van der Waals surface area contributed by atoms with Gasteiger partial charge < -0.3 is 25.4 Å². The SMILES string of the molecule is CCCCC1(CCCC)CN(c2ccccc2)c2cc(SC)c(OCC(=O)NC(C(=O)N[C@@H](CC)C(=O)O)c3ccccc3)cc2S(=O)(=O)N1. The second-order valence-electron chi connectivity index (χ2n) is 12.5. The minimum Gasteiger partial charge on any atom is -0.483 e. The van der Waals surface area contributed by atoms with Crippen LogP contribution in [0.3, 0.4) is 0 Å². The van der Waals surface area contributed by atoms with Gasteiger partial charge in [-0.1, -0.05) is 95.0 Å². The third kappa shape index (κ3) is 9.58. The molecule has 0 bridgehead atoms. The molecule has 3 aromatic rings. The predicted octanol–water partition coefficient (Wildman–Crippen LogP) is 6.17. The molecule has 4 rings (SSSR count). The molecule has 0 aromatic heterocycles. The summed E-state index contributed by atoms with van der Waals surface area (Å²) in [5.74, 6) is -2.30. The van der Waals surface area contributed by atoms with Gasteiger partial charge in [-0.15, -0.1) is 11.8 Å². The quantitative estimate of drug-likeness (QED) is 0.120. The summed E-state index contributed by atoms with van der Waals surface area (Å²) in [4.78, 5) is 40.9. The van der Waals surface area contributed by atoms with Crippen molar-refractivity contribution in [1.29, 1.82) is 0 Å². The van der Waals surface area contributed by atoms with E-state index in [-0.39, 0.29) is 17.1 Å². The van der Waals surface area contributed by atoms with Crippen molar-refractivity contribution in [2.75, 3.05) is 24.3 Å². The van der Waals surface area contributed by atoms with Crippen molar-refractivity contribution >= 4 is 50.9 Å². The molecule has 0 radical (unpaired) electrons. The third-order valence-corrected chi connectivity index (χ3v) is 11.2. The fourth-order valence-electron chi connectivity index (χ4n) is 6.13. The number of unbranched alkanes of at least 4 members (excludes halogenated alkanes) is 2. The number of sulfonamides is 1. The van der Waals surface area contributed by atoms with E-state index in [0.717, 1.165) is 31.4 Å². The molecule has 1 unspecified atom stereocenters. The number of aliphatic carboxylic acids is 1. The normalized spacial score (nSPS) is 16.0. The van der Waals surface area contributed by atoms with Gasteiger partial charge in [-0.3, -0.25) is 9.59 Å². The first-order valence-electron chi connectivity index (χ1n) is 17.1. The highest BCUT2D eigenvalue weighted by Crippen LogP contribution is 2.44. The van der Waals surface area contributed by atoms with Crippen LogP contribution in [0.2, 0.25) is 0 Å². The molecule has 1 aliphatic rings. The monoisotopic (exact) mass is 724 g/mol. The Bertz CT molecular complexity index is 1710. The lowest BCUT2D eigenvalue weighted by atomic mass is 9.87. The van der Waals surface area contributed by atoms with Gasteiger partial charge in [0.2, 0.25) is 15.9 Å².